The SMILES string of the molecule is Cc1ccc(S(=O)(=O)Nc2nc(-c3cccs3)cs2)cc1[N+](=O)[O-]. The van der Waals surface area contributed by atoms with Crippen molar-refractivity contribution in [2.45, 2.75) is 11.8 Å². The molecule has 0 spiro atoms. The second-order valence-electron chi connectivity index (χ2n) is 4.83. The zero-order chi connectivity index (χ0) is 17.3. The summed E-state index contributed by atoms with van der Waals surface area (Å²) >= 11 is 2.66. The van der Waals surface area contributed by atoms with Crippen molar-refractivity contribution in [3.63, 3.8) is 0 Å². The summed E-state index contributed by atoms with van der Waals surface area (Å²) in [7, 11) is -3.94. The van der Waals surface area contributed by atoms with Gasteiger partial charge < -0.3 is 0 Å². The first-order valence-corrected chi connectivity index (χ1v) is 9.88. The minimum Gasteiger partial charge on any atom is -0.258 e. The first kappa shape index (κ1) is 16.6. The molecular formula is C14H11N3O4S3. The van der Waals surface area contributed by atoms with E-state index in [0.717, 1.165) is 22.3 Å². The molecule has 0 bridgehead atoms. The van der Waals surface area contributed by atoms with Gasteiger partial charge in [-0.2, -0.15) is 0 Å². The molecule has 1 N–H and O–H groups in total. The third-order valence-electron chi connectivity index (χ3n) is 3.19. The van der Waals surface area contributed by atoms with Crippen LogP contribution in [-0.2, 0) is 10.0 Å². The second kappa shape index (κ2) is 6.30. The van der Waals surface area contributed by atoms with Gasteiger partial charge in [-0.05, 0) is 24.4 Å². The molecular weight excluding hydrogens is 370 g/mol. The lowest BCUT2D eigenvalue weighted by atomic mass is 10.2. The Morgan fingerprint density at radius 1 is 1.25 bits per heavy atom. The van der Waals surface area contributed by atoms with Gasteiger partial charge >= 0.3 is 0 Å². The quantitative estimate of drug-likeness (QED) is 0.533. The number of rotatable bonds is 5. The molecule has 7 nitrogen and oxygen atoms in total. The maximum Gasteiger partial charge on any atom is 0.273 e. The lowest BCUT2D eigenvalue weighted by Gasteiger charge is -2.06. The van der Waals surface area contributed by atoms with Crippen molar-refractivity contribution < 1.29 is 13.3 Å². The van der Waals surface area contributed by atoms with Crippen LogP contribution in [0.4, 0.5) is 10.8 Å². The predicted octanol–water partition coefficient (Wildman–Crippen LogP) is 3.89. The fourth-order valence-corrected chi connectivity index (χ4v) is 4.73. The number of aryl methyl sites for hydroxylation is 1. The summed E-state index contributed by atoms with van der Waals surface area (Å²) in [6.07, 6.45) is 0. The third-order valence-corrected chi connectivity index (χ3v) is 6.30. The first-order valence-electron chi connectivity index (χ1n) is 6.64. The third kappa shape index (κ3) is 3.30. The van der Waals surface area contributed by atoms with E-state index in [1.807, 2.05) is 17.5 Å². The Balaban J connectivity index is 1.89. The summed E-state index contributed by atoms with van der Waals surface area (Å²) in [6, 6.07) is 7.56. The molecule has 2 heterocycles. The van der Waals surface area contributed by atoms with E-state index < -0.39 is 14.9 Å². The van der Waals surface area contributed by atoms with Crippen LogP contribution in [-0.4, -0.2) is 18.3 Å². The smallest absolute Gasteiger partial charge is 0.258 e. The number of hydrogen-bond donors (Lipinski definition) is 1. The molecule has 0 fully saturated rings. The number of thiophene rings is 1. The number of nitrogens with one attached hydrogen (secondary N) is 1. The van der Waals surface area contributed by atoms with Crippen molar-refractivity contribution in [1.82, 2.24) is 4.98 Å². The molecule has 10 heteroatoms. The van der Waals surface area contributed by atoms with Crippen molar-refractivity contribution >= 4 is 43.5 Å². The van der Waals surface area contributed by atoms with E-state index in [0.29, 0.717) is 11.3 Å². The average Bonchev–Trinajstić information content (AvgIpc) is 3.17. The van der Waals surface area contributed by atoms with Crippen molar-refractivity contribution in [3.8, 4) is 10.6 Å². The van der Waals surface area contributed by atoms with E-state index in [1.165, 1.54) is 23.5 Å². The summed E-state index contributed by atoms with van der Waals surface area (Å²) in [5, 5.41) is 14.8. The molecule has 3 rings (SSSR count). The van der Waals surface area contributed by atoms with E-state index in [2.05, 4.69) is 9.71 Å². The number of hydrogen-bond acceptors (Lipinski definition) is 7. The Morgan fingerprint density at radius 3 is 2.71 bits per heavy atom. The summed E-state index contributed by atoms with van der Waals surface area (Å²) < 4.78 is 27.2. The van der Waals surface area contributed by atoms with Gasteiger partial charge in [-0.3, -0.25) is 14.8 Å². The van der Waals surface area contributed by atoms with E-state index >= 15 is 0 Å². The Morgan fingerprint density at radius 2 is 2.04 bits per heavy atom. The average molecular weight is 381 g/mol. The van der Waals surface area contributed by atoms with Gasteiger partial charge in [-0.25, -0.2) is 13.4 Å². The van der Waals surface area contributed by atoms with Gasteiger partial charge in [0.15, 0.2) is 5.13 Å². The van der Waals surface area contributed by atoms with Gasteiger partial charge in [-0.1, -0.05) is 12.1 Å². The molecule has 0 saturated carbocycles. The highest BCUT2D eigenvalue weighted by Crippen LogP contribution is 2.30. The summed E-state index contributed by atoms with van der Waals surface area (Å²) in [6.45, 7) is 1.55. The first-order chi connectivity index (χ1) is 11.4. The number of anilines is 1. The minimum atomic E-state index is -3.94. The predicted molar refractivity (Wildman–Crippen MR) is 94.1 cm³/mol. The number of nitrogens with zero attached hydrogens (tertiary/aromatic N) is 2. The van der Waals surface area contributed by atoms with Gasteiger partial charge in [0.2, 0.25) is 0 Å². The normalized spacial score (nSPS) is 11.4. The molecule has 0 aliphatic carbocycles. The van der Waals surface area contributed by atoms with Gasteiger partial charge in [-0.15, -0.1) is 22.7 Å². The van der Waals surface area contributed by atoms with Crippen LogP contribution in [0.15, 0.2) is 46.0 Å². The molecule has 1 aromatic carbocycles. The summed E-state index contributed by atoms with van der Waals surface area (Å²) in [5.41, 5.74) is 0.840. The maximum atomic E-state index is 12.4. The Hall–Kier alpha value is -2.30. The summed E-state index contributed by atoms with van der Waals surface area (Å²) in [4.78, 5) is 15.4. The second-order valence-corrected chi connectivity index (χ2v) is 8.31. The molecule has 0 aliphatic rings. The van der Waals surface area contributed by atoms with Crippen molar-refractivity contribution in [2.75, 3.05) is 4.72 Å². The van der Waals surface area contributed by atoms with Crippen LogP contribution in [0.2, 0.25) is 0 Å². The largest absolute Gasteiger partial charge is 0.273 e. The Kier molecular flexibility index (Phi) is 4.35. The Labute approximate surface area is 145 Å². The highest BCUT2D eigenvalue weighted by molar-refractivity contribution is 7.93. The number of thiazole rings is 1. The maximum absolute atomic E-state index is 12.4. The van der Waals surface area contributed by atoms with E-state index in [4.69, 9.17) is 0 Å². The molecule has 0 radical (unpaired) electrons. The number of nitro benzene ring substituents is 1. The fraction of sp³-hybridized carbons (Fsp3) is 0.0714. The van der Waals surface area contributed by atoms with Crippen LogP contribution in [0, 0.1) is 17.0 Å². The highest BCUT2D eigenvalue weighted by Gasteiger charge is 2.21. The molecule has 0 atom stereocenters. The minimum absolute atomic E-state index is 0.173. The van der Waals surface area contributed by atoms with Crippen molar-refractivity contribution in [1.29, 1.82) is 0 Å². The zero-order valence-corrected chi connectivity index (χ0v) is 14.7. The Bertz CT molecular complexity index is 994. The molecule has 2 aromatic heterocycles. The molecule has 124 valence electrons. The van der Waals surface area contributed by atoms with Gasteiger partial charge in [0.1, 0.15) is 0 Å². The molecule has 0 saturated heterocycles. The van der Waals surface area contributed by atoms with Crippen molar-refractivity contribution in [3.05, 3.63) is 56.8 Å². The lowest BCUT2D eigenvalue weighted by Crippen LogP contribution is -2.13. The zero-order valence-electron chi connectivity index (χ0n) is 12.3. The van der Waals surface area contributed by atoms with Crippen LogP contribution < -0.4 is 4.72 Å². The van der Waals surface area contributed by atoms with Gasteiger partial charge in [0.25, 0.3) is 15.7 Å². The van der Waals surface area contributed by atoms with E-state index in [9.17, 15) is 18.5 Å². The number of benzene rings is 1. The number of aromatic nitrogens is 1. The highest BCUT2D eigenvalue weighted by atomic mass is 32.2. The van der Waals surface area contributed by atoms with E-state index in [1.54, 1.807) is 12.3 Å². The molecule has 24 heavy (non-hydrogen) atoms. The molecule has 0 aliphatic heterocycles. The standard InChI is InChI=1S/C14H11N3O4S3/c1-9-4-5-10(7-12(9)17(18)19)24(20,21)16-14-15-11(8-23-14)13-3-2-6-22-13/h2-8H,1H3,(H,15,16). The van der Waals surface area contributed by atoms with Crippen LogP contribution in [0.1, 0.15) is 5.56 Å². The number of sulfonamides is 1. The van der Waals surface area contributed by atoms with Crippen LogP contribution >= 0.6 is 22.7 Å². The van der Waals surface area contributed by atoms with Crippen molar-refractivity contribution in [2.24, 2.45) is 0 Å². The van der Waals surface area contributed by atoms with Crippen LogP contribution in [0.5, 0.6) is 0 Å². The molecule has 0 unspecified atom stereocenters. The van der Waals surface area contributed by atoms with Gasteiger partial charge in [0.05, 0.1) is 20.4 Å². The van der Waals surface area contributed by atoms with Crippen LogP contribution in [0.25, 0.3) is 10.6 Å². The molecule has 3 aromatic rings. The van der Waals surface area contributed by atoms with E-state index in [-0.39, 0.29) is 15.7 Å². The van der Waals surface area contributed by atoms with Crippen LogP contribution in [0.3, 0.4) is 0 Å². The monoisotopic (exact) mass is 381 g/mol. The lowest BCUT2D eigenvalue weighted by molar-refractivity contribution is -0.385. The van der Waals surface area contributed by atoms with Gasteiger partial charge in [0, 0.05) is 17.0 Å². The molecule has 0 amide bonds. The topological polar surface area (TPSA) is 102 Å². The number of nitro groups is 1. The summed E-state index contributed by atoms with van der Waals surface area (Å²) in [5.74, 6) is 0. The fourth-order valence-electron chi connectivity index (χ4n) is 1.99.